The Morgan fingerprint density at radius 1 is 1.47 bits per heavy atom. The first-order valence-electron chi connectivity index (χ1n) is 5.11. The van der Waals surface area contributed by atoms with Gasteiger partial charge in [-0.25, -0.2) is 4.79 Å². The fourth-order valence-corrected chi connectivity index (χ4v) is 2.02. The van der Waals surface area contributed by atoms with Gasteiger partial charge in [0, 0.05) is 15.2 Å². The molecule has 1 aromatic heterocycles. The zero-order chi connectivity index (χ0) is 12.3. The number of carbonyl (C=O) groups is 1. The molecule has 0 radical (unpaired) electrons. The molecule has 0 fully saturated rings. The molecule has 1 aromatic carbocycles. The highest BCUT2D eigenvalue weighted by atomic mass is 127. The highest BCUT2D eigenvalue weighted by molar-refractivity contribution is 14.1. The van der Waals surface area contributed by atoms with Gasteiger partial charge in [-0.2, -0.15) is 0 Å². The summed E-state index contributed by atoms with van der Waals surface area (Å²) < 4.78 is 11.0. The van der Waals surface area contributed by atoms with Crippen LogP contribution in [-0.4, -0.2) is 17.7 Å². The van der Waals surface area contributed by atoms with Gasteiger partial charge in [0.1, 0.15) is 0 Å². The lowest BCUT2D eigenvalue weighted by Crippen LogP contribution is -2.04. The monoisotopic (exact) mass is 343 g/mol. The summed E-state index contributed by atoms with van der Waals surface area (Å²) in [4.78, 5) is 11.4. The fourth-order valence-electron chi connectivity index (χ4n) is 1.36. The number of rotatable bonds is 3. The van der Waals surface area contributed by atoms with Crippen molar-refractivity contribution in [3.05, 3.63) is 39.6 Å². The number of aromatic nitrogens is 1. The van der Waals surface area contributed by atoms with Gasteiger partial charge in [0.2, 0.25) is 0 Å². The highest BCUT2D eigenvalue weighted by Gasteiger charge is 2.15. The van der Waals surface area contributed by atoms with Crippen molar-refractivity contribution in [3.63, 3.8) is 0 Å². The van der Waals surface area contributed by atoms with Crippen LogP contribution < -0.4 is 0 Å². The number of ether oxygens (including phenoxy) is 1. The standard InChI is InChI=1S/C12H10INO3/c1-2-16-12(15)10-7-11(17-14-10)8-5-3-4-6-9(8)13/h3-7H,2H2,1H3. The molecular weight excluding hydrogens is 333 g/mol. The Labute approximate surface area is 112 Å². The molecule has 0 saturated heterocycles. The molecule has 0 aliphatic rings. The van der Waals surface area contributed by atoms with Gasteiger partial charge in [0.25, 0.3) is 0 Å². The SMILES string of the molecule is CCOC(=O)c1cc(-c2ccccc2I)on1. The molecule has 17 heavy (non-hydrogen) atoms. The Hall–Kier alpha value is -1.37. The first kappa shape index (κ1) is 12.1. The van der Waals surface area contributed by atoms with Gasteiger partial charge in [0.15, 0.2) is 11.5 Å². The van der Waals surface area contributed by atoms with Crippen LogP contribution in [0.25, 0.3) is 11.3 Å². The fraction of sp³-hybridized carbons (Fsp3) is 0.167. The molecule has 0 aliphatic carbocycles. The van der Waals surface area contributed by atoms with Crippen LogP contribution in [0.3, 0.4) is 0 Å². The average Bonchev–Trinajstić information content (AvgIpc) is 2.79. The van der Waals surface area contributed by atoms with Gasteiger partial charge in [-0.1, -0.05) is 23.4 Å². The normalized spacial score (nSPS) is 10.2. The molecule has 0 unspecified atom stereocenters. The van der Waals surface area contributed by atoms with Crippen LogP contribution >= 0.6 is 22.6 Å². The van der Waals surface area contributed by atoms with E-state index in [2.05, 4.69) is 27.7 Å². The highest BCUT2D eigenvalue weighted by Crippen LogP contribution is 2.25. The van der Waals surface area contributed by atoms with Crippen LogP contribution in [0.5, 0.6) is 0 Å². The third-order valence-electron chi connectivity index (χ3n) is 2.13. The van der Waals surface area contributed by atoms with Crippen LogP contribution in [0.15, 0.2) is 34.9 Å². The van der Waals surface area contributed by atoms with Gasteiger partial charge >= 0.3 is 5.97 Å². The van der Waals surface area contributed by atoms with Gasteiger partial charge in [-0.15, -0.1) is 0 Å². The van der Waals surface area contributed by atoms with Crippen molar-refractivity contribution in [2.24, 2.45) is 0 Å². The minimum atomic E-state index is -0.464. The molecule has 88 valence electrons. The quantitative estimate of drug-likeness (QED) is 0.635. The van der Waals surface area contributed by atoms with E-state index in [9.17, 15) is 4.79 Å². The lowest BCUT2D eigenvalue weighted by Gasteiger charge is -1.97. The summed E-state index contributed by atoms with van der Waals surface area (Å²) in [6.45, 7) is 2.07. The minimum absolute atomic E-state index is 0.196. The van der Waals surface area contributed by atoms with E-state index in [0.29, 0.717) is 12.4 Å². The van der Waals surface area contributed by atoms with E-state index in [1.54, 1.807) is 13.0 Å². The number of benzene rings is 1. The predicted octanol–water partition coefficient (Wildman–Crippen LogP) is 3.12. The molecule has 1 heterocycles. The number of nitrogens with zero attached hydrogens (tertiary/aromatic N) is 1. The van der Waals surface area contributed by atoms with Crippen LogP contribution in [-0.2, 0) is 4.74 Å². The van der Waals surface area contributed by atoms with Crippen molar-refractivity contribution >= 4 is 28.6 Å². The third kappa shape index (κ3) is 2.66. The van der Waals surface area contributed by atoms with Gasteiger partial charge in [-0.05, 0) is 35.6 Å². The van der Waals surface area contributed by atoms with E-state index in [-0.39, 0.29) is 5.69 Å². The Morgan fingerprint density at radius 3 is 2.94 bits per heavy atom. The maximum atomic E-state index is 11.4. The van der Waals surface area contributed by atoms with Crippen molar-refractivity contribution in [3.8, 4) is 11.3 Å². The van der Waals surface area contributed by atoms with Gasteiger partial charge < -0.3 is 9.26 Å². The molecule has 0 spiro atoms. The number of hydrogen-bond acceptors (Lipinski definition) is 4. The molecule has 5 heteroatoms. The summed E-state index contributed by atoms with van der Waals surface area (Å²) in [5, 5.41) is 3.70. The zero-order valence-electron chi connectivity index (χ0n) is 9.14. The first-order valence-corrected chi connectivity index (χ1v) is 6.19. The zero-order valence-corrected chi connectivity index (χ0v) is 11.3. The van der Waals surface area contributed by atoms with E-state index >= 15 is 0 Å². The Morgan fingerprint density at radius 2 is 2.24 bits per heavy atom. The van der Waals surface area contributed by atoms with Crippen molar-refractivity contribution in [1.29, 1.82) is 0 Å². The van der Waals surface area contributed by atoms with Crippen molar-refractivity contribution in [2.45, 2.75) is 6.92 Å². The number of carbonyl (C=O) groups excluding carboxylic acids is 1. The minimum Gasteiger partial charge on any atom is -0.461 e. The van der Waals surface area contributed by atoms with Crippen LogP contribution in [0.2, 0.25) is 0 Å². The Balaban J connectivity index is 2.30. The van der Waals surface area contributed by atoms with E-state index < -0.39 is 5.97 Å². The van der Waals surface area contributed by atoms with Crippen molar-refractivity contribution in [1.82, 2.24) is 5.16 Å². The summed E-state index contributed by atoms with van der Waals surface area (Å²) in [6, 6.07) is 9.31. The second-order valence-corrected chi connectivity index (χ2v) is 4.44. The van der Waals surface area contributed by atoms with E-state index in [4.69, 9.17) is 9.26 Å². The molecule has 0 amide bonds. The lowest BCUT2D eigenvalue weighted by atomic mass is 10.2. The summed E-state index contributed by atoms with van der Waals surface area (Å²) in [5.74, 6) is 0.103. The number of halogens is 1. The van der Waals surface area contributed by atoms with Gasteiger partial charge in [-0.3, -0.25) is 0 Å². The van der Waals surface area contributed by atoms with Crippen LogP contribution in [0.1, 0.15) is 17.4 Å². The second kappa shape index (κ2) is 5.31. The van der Waals surface area contributed by atoms with E-state index in [1.807, 2.05) is 24.3 Å². The summed E-state index contributed by atoms with van der Waals surface area (Å²) >= 11 is 2.20. The van der Waals surface area contributed by atoms with E-state index in [0.717, 1.165) is 9.13 Å². The Bertz CT molecular complexity index is 536. The van der Waals surface area contributed by atoms with Crippen molar-refractivity contribution < 1.29 is 14.1 Å². The number of hydrogen-bond donors (Lipinski definition) is 0. The topological polar surface area (TPSA) is 52.3 Å². The second-order valence-electron chi connectivity index (χ2n) is 3.28. The first-order chi connectivity index (χ1) is 8.22. The molecule has 2 aromatic rings. The number of esters is 1. The molecule has 0 N–H and O–H groups in total. The molecule has 2 rings (SSSR count). The van der Waals surface area contributed by atoms with Crippen LogP contribution in [0, 0.1) is 3.57 Å². The molecular formula is C12H10INO3. The summed E-state index contributed by atoms with van der Waals surface area (Å²) in [7, 11) is 0. The molecule has 0 aliphatic heterocycles. The van der Waals surface area contributed by atoms with E-state index in [1.165, 1.54) is 0 Å². The molecule has 0 bridgehead atoms. The van der Waals surface area contributed by atoms with Crippen LogP contribution in [0.4, 0.5) is 0 Å². The molecule has 4 nitrogen and oxygen atoms in total. The molecule has 0 saturated carbocycles. The van der Waals surface area contributed by atoms with Crippen molar-refractivity contribution in [2.75, 3.05) is 6.61 Å². The molecule has 0 atom stereocenters. The summed E-state index contributed by atoms with van der Waals surface area (Å²) in [5.41, 5.74) is 1.11. The maximum absolute atomic E-state index is 11.4. The smallest absolute Gasteiger partial charge is 0.360 e. The largest absolute Gasteiger partial charge is 0.461 e. The third-order valence-corrected chi connectivity index (χ3v) is 3.07. The van der Waals surface area contributed by atoms with Gasteiger partial charge in [0.05, 0.1) is 6.61 Å². The maximum Gasteiger partial charge on any atom is 0.360 e. The lowest BCUT2D eigenvalue weighted by molar-refractivity contribution is 0.0514. The summed E-state index contributed by atoms with van der Waals surface area (Å²) in [6.07, 6.45) is 0. The Kier molecular flexibility index (Phi) is 3.78. The average molecular weight is 343 g/mol. The predicted molar refractivity (Wildman–Crippen MR) is 70.6 cm³/mol.